The minimum absolute atomic E-state index is 0.0542. The molecule has 88 valence electrons. The van der Waals surface area contributed by atoms with Crippen LogP contribution in [0.25, 0.3) is 11.4 Å². The second-order valence-corrected chi connectivity index (χ2v) is 4.60. The maximum atomic E-state index is 5.74. The van der Waals surface area contributed by atoms with Crippen LogP contribution in [0.5, 0.6) is 0 Å². The zero-order valence-electron chi connectivity index (χ0n) is 9.68. The van der Waals surface area contributed by atoms with Crippen molar-refractivity contribution in [3.8, 4) is 11.4 Å². The Morgan fingerprint density at radius 3 is 2.94 bits per heavy atom. The van der Waals surface area contributed by atoms with Crippen molar-refractivity contribution in [3.05, 3.63) is 29.9 Å². The molecule has 0 saturated heterocycles. The molecule has 1 fully saturated rings. The highest BCUT2D eigenvalue weighted by atomic mass is 16.5. The van der Waals surface area contributed by atoms with Crippen molar-refractivity contribution in [2.75, 3.05) is 6.54 Å². The molecular weight excluding hydrogens is 216 g/mol. The molecule has 1 saturated carbocycles. The zero-order valence-corrected chi connectivity index (χ0v) is 9.68. The number of aromatic nitrogens is 3. The topological polar surface area (TPSA) is 77.8 Å². The fourth-order valence-electron chi connectivity index (χ4n) is 1.90. The van der Waals surface area contributed by atoms with E-state index in [-0.39, 0.29) is 5.41 Å². The molecule has 5 heteroatoms. The largest absolute Gasteiger partial charge is 0.338 e. The number of pyridine rings is 1. The molecule has 0 radical (unpaired) electrons. The van der Waals surface area contributed by atoms with E-state index in [1.165, 1.54) is 0 Å². The van der Waals surface area contributed by atoms with Gasteiger partial charge in [0.15, 0.2) is 0 Å². The second-order valence-electron chi connectivity index (χ2n) is 4.60. The first-order valence-corrected chi connectivity index (χ1v) is 5.70. The zero-order chi connectivity index (χ0) is 11.9. The molecule has 2 N–H and O–H groups in total. The van der Waals surface area contributed by atoms with Crippen molar-refractivity contribution in [2.24, 2.45) is 5.73 Å². The predicted octanol–water partition coefficient (Wildman–Crippen LogP) is 1.43. The lowest BCUT2D eigenvalue weighted by Crippen LogP contribution is -2.19. The van der Waals surface area contributed by atoms with E-state index in [2.05, 4.69) is 15.1 Å². The van der Waals surface area contributed by atoms with Gasteiger partial charge in [-0.2, -0.15) is 4.98 Å². The SMILES string of the molecule is Cc1ccncc1-c1noc(C2(CN)CC2)n1. The summed E-state index contributed by atoms with van der Waals surface area (Å²) in [4.78, 5) is 8.53. The molecule has 5 nitrogen and oxygen atoms in total. The van der Waals surface area contributed by atoms with Crippen LogP contribution in [-0.4, -0.2) is 21.7 Å². The lowest BCUT2D eigenvalue weighted by Gasteiger charge is -2.03. The van der Waals surface area contributed by atoms with Gasteiger partial charge in [-0.25, -0.2) is 0 Å². The van der Waals surface area contributed by atoms with Gasteiger partial charge in [0.25, 0.3) is 0 Å². The lowest BCUT2D eigenvalue weighted by molar-refractivity contribution is 0.347. The van der Waals surface area contributed by atoms with Crippen molar-refractivity contribution in [2.45, 2.75) is 25.2 Å². The van der Waals surface area contributed by atoms with Gasteiger partial charge in [-0.3, -0.25) is 4.98 Å². The highest BCUT2D eigenvalue weighted by molar-refractivity contribution is 5.57. The molecule has 17 heavy (non-hydrogen) atoms. The Morgan fingerprint density at radius 2 is 2.29 bits per heavy atom. The van der Waals surface area contributed by atoms with E-state index < -0.39 is 0 Å². The third-order valence-corrected chi connectivity index (χ3v) is 3.40. The molecule has 2 heterocycles. The van der Waals surface area contributed by atoms with E-state index in [4.69, 9.17) is 10.3 Å². The van der Waals surface area contributed by atoms with Crippen LogP contribution in [0.2, 0.25) is 0 Å². The molecule has 1 aliphatic rings. The third kappa shape index (κ3) is 1.63. The first-order valence-electron chi connectivity index (χ1n) is 5.70. The molecule has 0 amide bonds. The van der Waals surface area contributed by atoms with Crippen LogP contribution in [0.15, 0.2) is 23.0 Å². The highest BCUT2D eigenvalue weighted by Crippen LogP contribution is 2.46. The molecule has 1 aliphatic carbocycles. The van der Waals surface area contributed by atoms with Gasteiger partial charge < -0.3 is 10.3 Å². The van der Waals surface area contributed by atoms with Gasteiger partial charge in [0.2, 0.25) is 11.7 Å². The van der Waals surface area contributed by atoms with Crippen molar-refractivity contribution in [1.82, 2.24) is 15.1 Å². The van der Waals surface area contributed by atoms with E-state index in [0.717, 1.165) is 24.0 Å². The monoisotopic (exact) mass is 230 g/mol. The van der Waals surface area contributed by atoms with Crippen molar-refractivity contribution in [1.29, 1.82) is 0 Å². The summed E-state index contributed by atoms with van der Waals surface area (Å²) in [5.41, 5.74) is 7.68. The number of aryl methyl sites for hydroxylation is 1. The maximum absolute atomic E-state index is 5.74. The number of hydrogen-bond acceptors (Lipinski definition) is 5. The van der Waals surface area contributed by atoms with Gasteiger partial charge in [0.05, 0.1) is 5.41 Å². The highest BCUT2D eigenvalue weighted by Gasteiger charge is 2.48. The first kappa shape index (κ1) is 10.4. The van der Waals surface area contributed by atoms with Crippen molar-refractivity contribution in [3.63, 3.8) is 0 Å². The van der Waals surface area contributed by atoms with Crippen LogP contribution in [-0.2, 0) is 5.41 Å². The Morgan fingerprint density at radius 1 is 1.47 bits per heavy atom. The van der Waals surface area contributed by atoms with E-state index in [9.17, 15) is 0 Å². The Labute approximate surface area is 99.1 Å². The van der Waals surface area contributed by atoms with Crippen molar-refractivity contribution >= 4 is 0 Å². The molecule has 0 aromatic carbocycles. The molecule has 2 aromatic rings. The standard InChI is InChI=1S/C12H14N4O/c1-8-2-5-14-6-9(8)10-15-11(17-16-10)12(7-13)3-4-12/h2,5-6H,3-4,7,13H2,1H3. The van der Waals surface area contributed by atoms with Crippen LogP contribution in [0.3, 0.4) is 0 Å². The van der Waals surface area contributed by atoms with Crippen LogP contribution in [0.4, 0.5) is 0 Å². The molecule has 0 aliphatic heterocycles. The van der Waals surface area contributed by atoms with E-state index >= 15 is 0 Å². The summed E-state index contributed by atoms with van der Waals surface area (Å²) in [7, 11) is 0. The van der Waals surface area contributed by atoms with E-state index in [1.807, 2.05) is 13.0 Å². The first-order chi connectivity index (χ1) is 8.25. The summed E-state index contributed by atoms with van der Waals surface area (Å²) < 4.78 is 5.32. The summed E-state index contributed by atoms with van der Waals surface area (Å²) >= 11 is 0. The fourth-order valence-corrected chi connectivity index (χ4v) is 1.90. The number of hydrogen-bond donors (Lipinski definition) is 1. The van der Waals surface area contributed by atoms with Crippen LogP contribution in [0, 0.1) is 6.92 Å². The summed E-state index contributed by atoms with van der Waals surface area (Å²) in [5, 5.41) is 4.02. The average molecular weight is 230 g/mol. The average Bonchev–Trinajstić information content (AvgIpc) is 3.00. The Bertz CT molecular complexity index is 545. The molecule has 0 atom stereocenters. The third-order valence-electron chi connectivity index (χ3n) is 3.40. The molecule has 0 bridgehead atoms. The van der Waals surface area contributed by atoms with Gasteiger partial charge in [-0.15, -0.1) is 0 Å². The number of nitrogens with two attached hydrogens (primary N) is 1. The molecule has 3 rings (SSSR count). The minimum atomic E-state index is -0.0542. The van der Waals surface area contributed by atoms with E-state index in [0.29, 0.717) is 18.3 Å². The summed E-state index contributed by atoms with van der Waals surface area (Å²) in [6.07, 6.45) is 5.59. The van der Waals surface area contributed by atoms with Gasteiger partial charge in [-0.05, 0) is 31.4 Å². The maximum Gasteiger partial charge on any atom is 0.234 e. The van der Waals surface area contributed by atoms with E-state index in [1.54, 1.807) is 12.4 Å². The molecule has 0 unspecified atom stereocenters. The van der Waals surface area contributed by atoms with Crippen LogP contribution >= 0.6 is 0 Å². The normalized spacial score (nSPS) is 17.1. The van der Waals surface area contributed by atoms with Crippen molar-refractivity contribution < 1.29 is 4.52 Å². The summed E-state index contributed by atoms with van der Waals surface area (Å²) in [5.74, 6) is 1.27. The molecular formula is C12H14N4O. The van der Waals surface area contributed by atoms with Gasteiger partial charge in [0, 0.05) is 24.5 Å². The molecule has 2 aromatic heterocycles. The Hall–Kier alpha value is -1.75. The molecule has 0 spiro atoms. The van der Waals surface area contributed by atoms with Crippen LogP contribution < -0.4 is 5.73 Å². The minimum Gasteiger partial charge on any atom is -0.338 e. The van der Waals surface area contributed by atoms with Crippen LogP contribution in [0.1, 0.15) is 24.3 Å². The Kier molecular flexibility index (Phi) is 2.22. The van der Waals surface area contributed by atoms with Gasteiger partial charge >= 0.3 is 0 Å². The number of nitrogens with zero attached hydrogens (tertiary/aromatic N) is 3. The Balaban J connectivity index is 1.99. The quantitative estimate of drug-likeness (QED) is 0.863. The summed E-state index contributed by atoms with van der Waals surface area (Å²) in [6, 6.07) is 1.93. The smallest absolute Gasteiger partial charge is 0.234 e. The predicted molar refractivity (Wildman–Crippen MR) is 62.2 cm³/mol. The lowest BCUT2D eigenvalue weighted by atomic mass is 10.1. The second kappa shape index (κ2) is 3.63. The summed E-state index contributed by atoms with van der Waals surface area (Å²) in [6.45, 7) is 2.57. The number of rotatable bonds is 3. The van der Waals surface area contributed by atoms with Gasteiger partial charge in [0.1, 0.15) is 0 Å². The fraction of sp³-hybridized carbons (Fsp3) is 0.417. The van der Waals surface area contributed by atoms with Gasteiger partial charge in [-0.1, -0.05) is 5.16 Å².